The summed E-state index contributed by atoms with van der Waals surface area (Å²) in [5.41, 5.74) is 83.8. The molecule has 0 aromatic rings. The largest absolute Gasteiger partial charge is 0.0458 e. The van der Waals surface area contributed by atoms with Crippen molar-refractivity contribution in [2.75, 3.05) is 0 Å². The van der Waals surface area contributed by atoms with E-state index in [0.29, 0.717) is 0 Å². The van der Waals surface area contributed by atoms with Gasteiger partial charge in [0, 0.05) is 0 Å². The number of fused-ring (bicyclic) bond motifs is 30. The van der Waals surface area contributed by atoms with Crippen molar-refractivity contribution in [1.29, 1.82) is 0 Å². The summed E-state index contributed by atoms with van der Waals surface area (Å²) in [4.78, 5) is 0. The predicted octanol–water partition coefficient (Wildman–Crippen LogP) is 8.18. The molecule has 96 atom stereocenters. The third-order valence-corrected chi connectivity index (χ3v) is 106. The van der Waals surface area contributed by atoms with E-state index in [1.807, 2.05) is 25.7 Å². The zero-order valence-corrected chi connectivity index (χ0v) is 58.5. The van der Waals surface area contributed by atoms with Crippen LogP contribution in [0.1, 0.15) is 25.7 Å². The predicted molar refractivity (Wildman–Crippen MR) is 337 cm³/mol. The van der Waals surface area contributed by atoms with Crippen LogP contribution >= 0.6 is 0 Å². The fourth-order valence-electron chi connectivity index (χ4n) is 142. The van der Waals surface area contributed by atoms with Gasteiger partial charge in [0.15, 0.2) is 0 Å². The van der Waals surface area contributed by atoms with Gasteiger partial charge >= 0.3 is 0 Å². The Labute approximate surface area is 612 Å². The molecule has 90 rings (SSSR count). The molecule has 90 aliphatic rings. The van der Waals surface area contributed by atoms with Crippen LogP contribution < -0.4 is 0 Å². The lowest BCUT2D eigenvalue weighted by Crippen LogP contribution is -3.80. The molecule has 0 N–H and O–H groups in total. The van der Waals surface area contributed by atoms with E-state index in [9.17, 15) is 0 Å². The van der Waals surface area contributed by atoms with Crippen LogP contribution in [0, 0.1) is 591 Å². The van der Waals surface area contributed by atoms with E-state index in [1.54, 1.807) is 0 Å². The van der Waals surface area contributed by atoms with Crippen LogP contribution in [0.2, 0.25) is 0 Å². The van der Waals surface area contributed by atoms with E-state index in [0.717, 1.165) is 184 Å². The molecule has 0 aliphatic heterocycles. The van der Waals surface area contributed by atoms with E-state index in [2.05, 4.69) is 0 Å². The van der Waals surface area contributed by atoms with E-state index >= 15 is 0 Å². The molecule has 90 fully saturated rings. The SMILES string of the molecule is C1C2C3C4C5C6C7C8C9CC%10C%11C%12C%13C%14C%15C%16C%17C%18CC%19C%20C%21C%22C%23C%24C%25C%26CC%27C%28C%29C%30C%31C%32C%33C%34C1C21C32C43C54C65C76C87C9%10C%118C%129C%13%10C%14%11C%15%12C%16%13C%17%14C%19%18C%20%15C%21%16C%22%17C%23%18C%24%19C%25%20C%26%27C%28%21C%29%22C%30%23C%31%24C%32%25C%33%26C%341C21C32C43C54C65C78C96C%107C%118C%129C%13%10C%15%14C%16%11C%17%12C%18%13C%19%14C%20%21C%22%15C%23%16C%24%17C%25%18C%261C21C32C43C56C74C85C96C%11%10C%127C%138C%14%15C%169C%17%10C%181C21C34C52C76C89C%1012. The summed E-state index contributed by atoms with van der Waals surface area (Å²) in [5.74, 6) is 49.7. The summed E-state index contributed by atoms with van der Waals surface area (Å²) in [7, 11) is 0. The van der Waals surface area contributed by atoms with Gasteiger partial charge in [-0.25, -0.2) is 0 Å². The Balaban J connectivity index is 0.594. The van der Waals surface area contributed by atoms with Gasteiger partial charge in [-0.1, -0.05) is 0 Å². The Morgan fingerprint density at radius 2 is 0.173 bits per heavy atom. The van der Waals surface area contributed by atoms with Crippen molar-refractivity contribution >= 4 is 0 Å². The van der Waals surface area contributed by atoms with Gasteiger partial charge in [-0.2, -0.15) is 0 Å². The molecule has 0 aromatic heterocycles. The second kappa shape index (κ2) is 4.39. The fourth-order valence-corrected chi connectivity index (χ4v) is 142. The molecule has 72 spiro atoms. The molecule has 90 saturated carbocycles. The molecule has 0 bridgehead atoms. The van der Waals surface area contributed by atoms with E-state index in [-0.39, 0.29) is 0 Å². The molecule has 96 unspecified atom stereocenters. The lowest BCUT2D eigenvalue weighted by molar-refractivity contribution is -1.15. The zero-order valence-electron chi connectivity index (χ0n) is 58.5. The van der Waals surface area contributed by atoms with Gasteiger partial charge in [-0.3, -0.25) is 0 Å². The summed E-state index contributed by atoms with van der Waals surface area (Å²) in [5, 5.41) is 0. The van der Waals surface area contributed by atoms with Crippen molar-refractivity contribution in [3.8, 4) is 0 Å². The highest BCUT2D eigenvalue weighted by atomic mass is 15.9. The van der Waals surface area contributed by atoms with Gasteiger partial charge in [0.05, 0.1) is 0 Å². The van der Waals surface area contributed by atoms with E-state index in [4.69, 9.17) is 0 Å². The number of hydrogen-bond donors (Lipinski definition) is 0. The topological polar surface area (TPSA) is 0 Å². The van der Waals surface area contributed by atoms with Crippen LogP contribution in [0.3, 0.4) is 0 Å². The Bertz CT molecular complexity index is 8700. The molecule has 110 heavy (non-hydrogen) atoms. The number of hydrogen-bond acceptors (Lipinski definition) is 0. The first-order chi connectivity index (χ1) is 54.8. The summed E-state index contributed by atoms with van der Waals surface area (Å²) < 4.78 is 0. The van der Waals surface area contributed by atoms with Crippen molar-refractivity contribution in [3.63, 3.8) is 0 Å². The monoisotopic (exact) mass is 1360 g/mol. The van der Waals surface area contributed by atoms with Gasteiger partial charge in [0.1, 0.15) is 0 Å². The van der Waals surface area contributed by atoms with Crippen LogP contribution in [0.5, 0.6) is 0 Å². The molecule has 0 heteroatoms. The van der Waals surface area contributed by atoms with Crippen molar-refractivity contribution in [2.24, 2.45) is 429 Å². The van der Waals surface area contributed by atoms with Crippen LogP contribution in [0.4, 0.5) is 0 Å². The fraction of sp³-hybridized carbons (Fsp3) is 1.00. The first-order valence-electron chi connectivity index (χ1n) is 54.8. The van der Waals surface area contributed by atoms with Gasteiger partial charge in [0.2, 0.25) is 0 Å². The normalized spacial score (nSPS) is 160. The summed E-state index contributed by atoms with van der Waals surface area (Å²) in [6.45, 7) is 0. The molecule has 0 saturated heterocycles. The lowest BCUT2D eigenvalue weighted by Gasteiger charge is -3.85. The van der Waals surface area contributed by atoms with Gasteiger partial charge < -0.3 is 0 Å². The van der Waals surface area contributed by atoms with E-state index < -0.39 is 0 Å². The van der Waals surface area contributed by atoms with Crippen LogP contribution in [-0.4, -0.2) is 0 Å². The van der Waals surface area contributed by atoms with Gasteiger partial charge in [0.25, 0.3) is 0 Å². The smallest absolute Gasteiger partial charge is 0.000000209 e. The second-order valence-electron chi connectivity index (χ2n) is 75.4. The Hall–Kier alpha value is 0. The van der Waals surface area contributed by atoms with Crippen LogP contribution in [-0.2, 0) is 0 Å². The average molecular weight is 1360 g/mol. The highest BCUT2D eigenvalue weighted by molar-refractivity contribution is 6.98. The van der Waals surface area contributed by atoms with Gasteiger partial charge in [-0.15, -0.1) is 0 Å². The highest BCUT2D eigenvalue weighted by Crippen LogP contribution is 3.98. The lowest BCUT2D eigenvalue weighted by atomic mass is 8.16. The molecule has 90 aliphatic carbocycles. The Kier molecular flexibility index (Phi) is 1.32. The molecule has 0 radical (unpaired) electrons. The Morgan fingerprint density at radius 3 is 0.309 bits per heavy atom. The van der Waals surface area contributed by atoms with Crippen LogP contribution in [0.15, 0.2) is 0 Å². The minimum atomic E-state index is 1.12. The van der Waals surface area contributed by atoms with Crippen molar-refractivity contribution in [3.05, 3.63) is 162 Å². The van der Waals surface area contributed by atoms with Crippen LogP contribution in [0.25, 0.3) is 0 Å². The second-order valence-corrected chi connectivity index (χ2v) is 75.4. The maximum atomic E-state index is 1.96. The average Bonchev–Trinajstić information content (AvgIpc) is 0.388. The summed E-state index contributed by atoms with van der Waals surface area (Å²) >= 11 is 0. The van der Waals surface area contributed by atoms with Gasteiger partial charge in [-0.05, 0) is 617 Å². The maximum absolute atomic E-state index is 1.96. The zero-order chi connectivity index (χ0) is 58.5. The first-order valence-corrected chi connectivity index (χ1v) is 54.8. The van der Waals surface area contributed by atoms with Crippen molar-refractivity contribution in [1.82, 2.24) is 0 Å². The molecular formula is C110H42. The molecule has 0 aromatic carbocycles. The van der Waals surface area contributed by atoms with Crippen molar-refractivity contribution in [2.45, 2.75) is 25.7 Å². The summed E-state index contributed by atoms with van der Waals surface area (Å²) in [6.07, 6.45) is 7.82. The molecule has 482 valence electrons. The first kappa shape index (κ1) is 33.0. The minimum Gasteiger partial charge on any atom is -0.0458 e. The van der Waals surface area contributed by atoms with E-state index in [1.165, 1.54) is 407 Å². The molecule has 0 amide bonds. The standard InChI is InChI=1S/C110H42/c1-5-13-21-29-30-22-14-6-2-11-19-27-35-38-36-28-20-12-4-8-16-24-32-31-23-15-7-3-10-18-26-34-37-33-25-17-9(1)39(5)43(13)51(21)59(29)60(30)52(22)44(14)40(6,11)49(19)57(27)65(35)68(38)66(36)58(28)50(20)42(8,12)46(16)54(24)62(32)61(31)53(23)45(15)41(7,10)48(18)56(26)64(34)67(37)63(33)55(25)47(17,39)69(43)73(51)81(59)82(60)74(52)70(44,49)79(57)87(65)90(68)88(66)80(58)72(46,50)76(54)84(62)83(61)75(53)71(45,48)78(56)86(64)89(67)85(63)77(55,69)91(73)95(81)96(82)92(74,79)101(87)104(90)102(88)94(76,80)98(84)97(83)93(75,78)100(86)103(89)99(85,91)105(95)106(96,101)110(104)108(98,102)107(97,100)109(103,105)110/h5-38H,1-4H2. The molecular weight excluding hydrogens is 1320 g/mol. The molecule has 0 nitrogen and oxygen atoms in total. The highest BCUT2D eigenvalue weighted by Gasteiger charge is 3.93. The number of rotatable bonds is 0. The maximum Gasteiger partial charge on any atom is -0.000000209 e. The third kappa shape index (κ3) is 0.562. The quantitative estimate of drug-likeness (QED) is 0.230. The Morgan fingerprint density at radius 1 is 0.0818 bits per heavy atom. The summed E-state index contributed by atoms with van der Waals surface area (Å²) in [6, 6.07) is 0. The molecule has 0 heterocycles. The third-order valence-electron chi connectivity index (χ3n) is 106. The minimum absolute atomic E-state index is 1.12. The van der Waals surface area contributed by atoms with Crippen molar-refractivity contribution < 1.29 is 0 Å².